The van der Waals surface area contributed by atoms with Crippen molar-refractivity contribution in [3.63, 3.8) is 0 Å². The summed E-state index contributed by atoms with van der Waals surface area (Å²) >= 11 is 6.15. The maximum absolute atomic E-state index is 6.15. The number of halogens is 1. The molecule has 2 nitrogen and oxygen atoms in total. The summed E-state index contributed by atoms with van der Waals surface area (Å²) in [5.41, 5.74) is 4.54. The minimum absolute atomic E-state index is 0.574. The highest BCUT2D eigenvalue weighted by atomic mass is 35.5. The standard InChI is InChI=1S/C15H17ClN2/c1-4-13-11(3)15(16)18-14(17-13)9-12-8-6-5-7-10(12)2/h5-8H,4,9H2,1-3H3. The molecule has 0 fully saturated rings. The summed E-state index contributed by atoms with van der Waals surface area (Å²) < 4.78 is 0. The summed E-state index contributed by atoms with van der Waals surface area (Å²) in [6.07, 6.45) is 1.62. The maximum atomic E-state index is 6.15. The molecule has 18 heavy (non-hydrogen) atoms. The normalized spacial score (nSPS) is 10.7. The van der Waals surface area contributed by atoms with Gasteiger partial charge in [-0.15, -0.1) is 0 Å². The molecule has 2 rings (SSSR count). The Labute approximate surface area is 113 Å². The quantitative estimate of drug-likeness (QED) is 0.783. The van der Waals surface area contributed by atoms with Crippen molar-refractivity contribution in [1.82, 2.24) is 9.97 Å². The largest absolute Gasteiger partial charge is 0.237 e. The van der Waals surface area contributed by atoms with Crippen molar-refractivity contribution in [2.45, 2.75) is 33.6 Å². The SMILES string of the molecule is CCc1nc(Cc2ccccc2C)nc(Cl)c1C. The van der Waals surface area contributed by atoms with E-state index in [1.165, 1.54) is 11.1 Å². The van der Waals surface area contributed by atoms with Crippen LogP contribution in [-0.2, 0) is 12.8 Å². The zero-order valence-corrected chi connectivity index (χ0v) is 11.8. The molecule has 3 heteroatoms. The van der Waals surface area contributed by atoms with Crippen LogP contribution in [0.25, 0.3) is 0 Å². The molecule has 0 amide bonds. The molecule has 0 spiro atoms. The van der Waals surface area contributed by atoms with Crippen LogP contribution in [0, 0.1) is 13.8 Å². The smallest absolute Gasteiger partial charge is 0.135 e. The third-order valence-corrected chi connectivity index (χ3v) is 3.55. The molecular weight excluding hydrogens is 244 g/mol. The van der Waals surface area contributed by atoms with E-state index < -0.39 is 0 Å². The van der Waals surface area contributed by atoms with E-state index in [1.807, 2.05) is 19.1 Å². The zero-order valence-electron chi connectivity index (χ0n) is 11.0. The maximum Gasteiger partial charge on any atom is 0.135 e. The van der Waals surface area contributed by atoms with Crippen molar-refractivity contribution in [1.29, 1.82) is 0 Å². The molecule has 0 bridgehead atoms. The molecule has 94 valence electrons. The van der Waals surface area contributed by atoms with Gasteiger partial charge in [-0.3, -0.25) is 0 Å². The summed E-state index contributed by atoms with van der Waals surface area (Å²) in [7, 11) is 0. The van der Waals surface area contributed by atoms with Gasteiger partial charge in [0.2, 0.25) is 0 Å². The lowest BCUT2D eigenvalue weighted by Crippen LogP contribution is -2.04. The lowest BCUT2D eigenvalue weighted by Gasteiger charge is -2.09. The molecule has 1 aromatic heterocycles. The Kier molecular flexibility index (Phi) is 3.97. The predicted octanol–water partition coefficient (Wildman–Crippen LogP) is 3.90. The van der Waals surface area contributed by atoms with E-state index in [2.05, 4.69) is 35.9 Å². The fourth-order valence-corrected chi connectivity index (χ4v) is 2.19. The molecular formula is C15H17ClN2. The number of aryl methyl sites for hydroxylation is 2. The van der Waals surface area contributed by atoms with Gasteiger partial charge in [0.15, 0.2) is 0 Å². The van der Waals surface area contributed by atoms with E-state index >= 15 is 0 Å². The van der Waals surface area contributed by atoms with Gasteiger partial charge < -0.3 is 0 Å². The first-order chi connectivity index (χ1) is 8.61. The second-order valence-corrected chi connectivity index (χ2v) is 4.82. The van der Waals surface area contributed by atoms with E-state index in [9.17, 15) is 0 Å². The minimum Gasteiger partial charge on any atom is -0.237 e. The van der Waals surface area contributed by atoms with Crippen LogP contribution in [0.2, 0.25) is 5.15 Å². The summed E-state index contributed by atoms with van der Waals surface area (Å²) in [4.78, 5) is 8.96. The Morgan fingerprint density at radius 2 is 1.83 bits per heavy atom. The van der Waals surface area contributed by atoms with E-state index in [4.69, 9.17) is 11.6 Å². The molecule has 0 N–H and O–H groups in total. The first kappa shape index (κ1) is 13.0. The molecule has 0 aliphatic rings. The Morgan fingerprint density at radius 1 is 1.11 bits per heavy atom. The molecule has 2 aromatic rings. The highest BCUT2D eigenvalue weighted by molar-refractivity contribution is 6.30. The molecule has 0 unspecified atom stereocenters. The van der Waals surface area contributed by atoms with Gasteiger partial charge in [-0.2, -0.15) is 0 Å². The van der Waals surface area contributed by atoms with Gasteiger partial charge in [0.05, 0.1) is 0 Å². The molecule has 0 radical (unpaired) electrons. The Morgan fingerprint density at radius 3 is 2.50 bits per heavy atom. The molecule has 1 heterocycles. The molecule has 0 atom stereocenters. The number of hydrogen-bond donors (Lipinski definition) is 0. The summed E-state index contributed by atoms with van der Waals surface area (Å²) in [6, 6.07) is 8.29. The van der Waals surface area contributed by atoms with E-state index in [-0.39, 0.29) is 0 Å². The van der Waals surface area contributed by atoms with Gasteiger partial charge in [-0.25, -0.2) is 9.97 Å². The second kappa shape index (κ2) is 5.49. The summed E-state index contributed by atoms with van der Waals surface area (Å²) in [5.74, 6) is 0.803. The predicted molar refractivity (Wildman–Crippen MR) is 75.1 cm³/mol. The number of hydrogen-bond acceptors (Lipinski definition) is 2. The second-order valence-electron chi connectivity index (χ2n) is 4.46. The summed E-state index contributed by atoms with van der Waals surface area (Å²) in [6.45, 7) is 6.16. The molecule has 0 saturated heterocycles. The Hall–Kier alpha value is -1.41. The van der Waals surface area contributed by atoms with Crippen LogP contribution in [0.3, 0.4) is 0 Å². The fraction of sp³-hybridized carbons (Fsp3) is 0.333. The number of rotatable bonds is 3. The van der Waals surface area contributed by atoms with Gasteiger partial charge in [-0.05, 0) is 31.4 Å². The first-order valence-electron chi connectivity index (χ1n) is 6.18. The van der Waals surface area contributed by atoms with Crippen LogP contribution < -0.4 is 0 Å². The molecule has 0 aliphatic heterocycles. The third-order valence-electron chi connectivity index (χ3n) is 3.18. The molecule has 1 aromatic carbocycles. The lowest BCUT2D eigenvalue weighted by molar-refractivity contribution is 0.886. The van der Waals surface area contributed by atoms with Crippen molar-refractivity contribution >= 4 is 11.6 Å². The average molecular weight is 261 g/mol. The van der Waals surface area contributed by atoms with Gasteiger partial charge >= 0.3 is 0 Å². The highest BCUT2D eigenvalue weighted by Gasteiger charge is 2.09. The van der Waals surface area contributed by atoms with E-state index in [1.54, 1.807) is 0 Å². The number of nitrogens with zero attached hydrogens (tertiary/aromatic N) is 2. The molecule has 0 saturated carbocycles. The third kappa shape index (κ3) is 2.70. The number of aromatic nitrogens is 2. The van der Waals surface area contributed by atoms with Crippen molar-refractivity contribution in [3.05, 3.63) is 57.6 Å². The Balaban J connectivity index is 2.36. The fourth-order valence-electron chi connectivity index (χ4n) is 1.98. The van der Waals surface area contributed by atoms with Crippen molar-refractivity contribution < 1.29 is 0 Å². The van der Waals surface area contributed by atoms with Crippen molar-refractivity contribution in [2.75, 3.05) is 0 Å². The van der Waals surface area contributed by atoms with Crippen LogP contribution in [0.4, 0.5) is 0 Å². The van der Waals surface area contributed by atoms with Crippen LogP contribution in [-0.4, -0.2) is 9.97 Å². The average Bonchev–Trinajstić information content (AvgIpc) is 2.36. The van der Waals surface area contributed by atoms with Gasteiger partial charge in [0.25, 0.3) is 0 Å². The number of benzene rings is 1. The van der Waals surface area contributed by atoms with Gasteiger partial charge in [0.1, 0.15) is 11.0 Å². The monoisotopic (exact) mass is 260 g/mol. The highest BCUT2D eigenvalue weighted by Crippen LogP contribution is 2.18. The van der Waals surface area contributed by atoms with E-state index in [0.717, 1.165) is 29.9 Å². The topological polar surface area (TPSA) is 25.8 Å². The van der Waals surface area contributed by atoms with Crippen LogP contribution in [0.1, 0.15) is 35.1 Å². The Bertz CT molecular complexity index is 564. The lowest BCUT2D eigenvalue weighted by atomic mass is 10.1. The first-order valence-corrected chi connectivity index (χ1v) is 6.56. The minimum atomic E-state index is 0.574. The van der Waals surface area contributed by atoms with Gasteiger partial charge in [-0.1, -0.05) is 42.8 Å². The van der Waals surface area contributed by atoms with Crippen LogP contribution in [0.5, 0.6) is 0 Å². The van der Waals surface area contributed by atoms with Crippen molar-refractivity contribution in [2.24, 2.45) is 0 Å². The molecule has 0 aliphatic carbocycles. The van der Waals surface area contributed by atoms with Gasteiger partial charge in [0, 0.05) is 17.7 Å². The van der Waals surface area contributed by atoms with Crippen molar-refractivity contribution in [3.8, 4) is 0 Å². The van der Waals surface area contributed by atoms with Crippen LogP contribution >= 0.6 is 11.6 Å². The van der Waals surface area contributed by atoms with E-state index in [0.29, 0.717) is 5.15 Å². The summed E-state index contributed by atoms with van der Waals surface area (Å²) in [5, 5.41) is 0.574. The van der Waals surface area contributed by atoms with Crippen LogP contribution in [0.15, 0.2) is 24.3 Å². The zero-order chi connectivity index (χ0) is 13.1.